The van der Waals surface area contributed by atoms with Gasteiger partial charge in [-0.25, -0.2) is 0 Å². The number of allylic oxidation sites excluding steroid dienone is 2. The highest BCUT2D eigenvalue weighted by molar-refractivity contribution is 5.67. The number of ether oxygens (including phenoxy) is 1. The Balaban J connectivity index is 2.67. The highest BCUT2D eigenvalue weighted by atomic mass is 16.5. The third kappa shape index (κ3) is 2.44. The zero-order valence-electron chi connectivity index (χ0n) is 6.52. The maximum Gasteiger partial charge on any atom is 0.308 e. The van der Waals surface area contributed by atoms with E-state index >= 15 is 0 Å². The molecule has 0 atom stereocenters. The number of hydrogen-bond donors (Lipinski definition) is 0. The second kappa shape index (κ2) is 3.22. The van der Waals surface area contributed by atoms with Gasteiger partial charge < -0.3 is 4.74 Å². The average Bonchev–Trinajstić information content (AvgIpc) is 1.93. The van der Waals surface area contributed by atoms with Gasteiger partial charge in [-0.3, -0.25) is 4.79 Å². The molecule has 1 aliphatic rings. The first-order chi connectivity index (χ1) is 5.18. The van der Waals surface area contributed by atoms with Gasteiger partial charge in [0.2, 0.25) is 0 Å². The Morgan fingerprint density at radius 2 is 2.45 bits per heavy atom. The molecular weight excluding hydrogens is 140 g/mol. The molecule has 2 nitrogen and oxygen atoms in total. The first kappa shape index (κ1) is 7.83. The molecule has 0 heterocycles. The van der Waals surface area contributed by atoms with Gasteiger partial charge in [-0.05, 0) is 18.1 Å². The Morgan fingerprint density at radius 3 is 2.91 bits per heavy atom. The van der Waals surface area contributed by atoms with Crippen molar-refractivity contribution in [1.82, 2.24) is 0 Å². The number of hydrogen-bond acceptors (Lipinski definition) is 2. The quantitative estimate of drug-likeness (QED) is 0.421. The summed E-state index contributed by atoms with van der Waals surface area (Å²) in [4.78, 5) is 10.5. The Kier molecular flexibility index (Phi) is 2.29. The summed E-state index contributed by atoms with van der Waals surface area (Å²) in [5, 5.41) is 0. The molecule has 0 spiro atoms. The fourth-order valence-corrected chi connectivity index (χ4v) is 0.855. The molecule has 0 radical (unpaired) electrons. The summed E-state index contributed by atoms with van der Waals surface area (Å²) in [6, 6.07) is 0. The normalized spacial score (nSPS) is 16.1. The van der Waals surface area contributed by atoms with Crippen LogP contribution in [0.1, 0.15) is 19.8 Å². The van der Waals surface area contributed by atoms with Crippen LogP contribution in [0.4, 0.5) is 0 Å². The second-order valence-electron chi connectivity index (χ2n) is 2.46. The first-order valence-electron chi connectivity index (χ1n) is 3.50. The first-order valence-corrected chi connectivity index (χ1v) is 3.50. The molecule has 0 saturated carbocycles. The van der Waals surface area contributed by atoms with Crippen LogP contribution in [0, 0.1) is 0 Å². The molecule has 0 aromatic carbocycles. The average molecular weight is 150 g/mol. The fraction of sp³-hybridized carbons (Fsp3) is 0.333. The van der Waals surface area contributed by atoms with E-state index in [1.54, 1.807) is 6.08 Å². The number of esters is 1. The van der Waals surface area contributed by atoms with Crippen LogP contribution in [0.5, 0.6) is 0 Å². The van der Waals surface area contributed by atoms with Crippen LogP contribution >= 0.6 is 0 Å². The molecule has 11 heavy (non-hydrogen) atoms. The molecule has 1 aliphatic carbocycles. The summed E-state index contributed by atoms with van der Waals surface area (Å²) in [5.74, 6) is 0.332. The standard InChI is InChI=1S/C9H10O2/c1-7-3-5-9(6-4-7)11-8(2)10/h3H,1,4,6H2,2H3. The molecule has 0 N–H and O–H groups in total. The smallest absolute Gasteiger partial charge is 0.308 e. The van der Waals surface area contributed by atoms with Crippen molar-refractivity contribution in [1.29, 1.82) is 0 Å². The lowest BCUT2D eigenvalue weighted by atomic mass is 10.1. The Morgan fingerprint density at radius 1 is 1.73 bits per heavy atom. The number of rotatable bonds is 1. The summed E-state index contributed by atoms with van der Waals surface area (Å²) in [5.41, 5.74) is 3.88. The lowest BCUT2D eigenvalue weighted by molar-refractivity contribution is -0.137. The van der Waals surface area contributed by atoms with Crippen molar-refractivity contribution in [2.45, 2.75) is 19.8 Å². The molecular formula is C9H10O2. The predicted octanol–water partition coefficient (Wildman–Crippen LogP) is 1.94. The fourth-order valence-electron chi connectivity index (χ4n) is 0.855. The molecule has 0 aromatic rings. The largest absolute Gasteiger partial charge is 0.423 e. The Labute approximate surface area is 65.9 Å². The minimum atomic E-state index is -0.284. The van der Waals surface area contributed by atoms with Gasteiger partial charge in [0.15, 0.2) is 0 Å². The van der Waals surface area contributed by atoms with Crippen LogP contribution in [0.2, 0.25) is 0 Å². The molecule has 0 saturated heterocycles. The van der Waals surface area contributed by atoms with Gasteiger partial charge in [0.25, 0.3) is 0 Å². The van der Waals surface area contributed by atoms with Crippen molar-refractivity contribution in [3.05, 3.63) is 29.7 Å². The van der Waals surface area contributed by atoms with Crippen molar-refractivity contribution < 1.29 is 9.53 Å². The predicted molar refractivity (Wildman–Crippen MR) is 41.7 cm³/mol. The van der Waals surface area contributed by atoms with Crippen LogP contribution in [0.15, 0.2) is 29.7 Å². The molecule has 2 heteroatoms. The molecule has 0 bridgehead atoms. The molecule has 0 aliphatic heterocycles. The van der Waals surface area contributed by atoms with Gasteiger partial charge >= 0.3 is 5.97 Å². The van der Waals surface area contributed by atoms with E-state index in [4.69, 9.17) is 4.74 Å². The maximum atomic E-state index is 10.5. The van der Waals surface area contributed by atoms with Crippen molar-refractivity contribution >= 4 is 5.97 Å². The zero-order valence-corrected chi connectivity index (χ0v) is 6.52. The van der Waals surface area contributed by atoms with E-state index in [-0.39, 0.29) is 5.97 Å². The molecule has 0 unspecified atom stereocenters. The maximum absolute atomic E-state index is 10.5. The summed E-state index contributed by atoms with van der Waals surface area (Å²) in [7, 11) is 0. The molecule has 58 valence electrons. The Bertz CT molecular complexity index is 255. The van der Waals surface area contributed by atoms with Crippen molar-refractivity contribution in [2.24, 2.45) is 0 Å². The van der Waals surface area contributed by atoms with E-state index < -0.39 is 0 Å². The van der Waals surface area contributed by atoms with E-state index in [0.717, 1.165) is 18.4 Å². The molecule has 0 amide bonds. The lowest BCUT2D eigenvalue weighted by Gasteiger charge is -2.07. The second-order valence-corrected chi connectivity index (χ2v) is 2.46. The minimum Gasteiger partial charge on any atom is -0.423 e. The summed E-state index contributed by atoms with van der Waals surface area (Å²) < 4.78 is 4.83. The van der Waals surface area contributed by atoms with Gasteiger partial charge in [-0.1, -0.05) is 12.3 Å². The third-order valence-corrected chi connectivity index (χ3v) is 1.38. The van der Waals surface area contributed by atoms with E-state index in [9.17, 15) is 4.79 Å². The van der Waals surface area contributed by atoms with Gasteiger partial charge in [-0.15, -0.1) is 0 Å². The summed E-state index contributed by atoms with van der Waals surface area (Å²) >= 11 is 0. The zero-order chi connectivity index (χ0) is 8.27. The third-order valence-electron chi connectivity index (χ3n) is 1.38. The van der Waals surface area contributed by atoms with Crippen LogP contribution in [0.25, 0.3) is 0 Å². The van der Waals surface area contributed by atoms with Gasteiger partial charge in [0, 0.05) is 13.3 Å². The highest BCUT2D eigenvalue weighted by Crippen LogP contribution is 2.16. The van der Waals surface area contributed by atoms with E-state index in [1.165, 1.54) is 6.92 Å². The van der Waals surface area contributed by atoms with Gasteiger partial charge in [0.05, 0.1) is 0 Å². The van der Waals surface area contributed by atoms with Crippen molar-refractivity contribution in [3.8, 4) is 0 Å². The van der Waals surface area contributed by atoms with E-state index in [2.05, 4.69) is 12.3 Å². The van der Waals surface area contributed by atoms with Crippen LogP contribution in [-0.2, 0) is 9.53 Å². The van der Waals surface area contributed by atoms with Gasteiger partial charge in [0.1, 0.15) is 5.76 Å². The summed E-state index contributed by atoms with van der Waals surface area (Å²) in [6.45, 7) is 5.14. The van der Waals surface area contributed by atoms with Crippen LogP contribution < -0.4 is 0 Å². The lowest BCUT2D eigenvalue weighted by Crippen LogP contribution is -2.00. The van der Waals surface area contributed by atoms with Crippen LogP contribution in [0.3, 0.4) is 0 Å². The highest BCUT2D eigenvalue weighted by Gasteiger charge is 2.05. The summed E-state index contributed by atoms with van der Waals surface area (Å²) in [6.07, 6.45) is 3.34. The van der Waals surface area contributed by atoms with Gasteiger partial charge in [-0.2, -0.15) is 0 Å². The topological polar surface area (TPSA) is 26.3 Å². The Hall–Kier alpha value is -1.27. The number of carbonyl (C=O) groups is 1. The molecule has 1 rings (SSSR count). The monoisotopic (exact) mass is 150 g/mol. The number of carbonyl (C=O) groups excluding carboxylic acids is 1. The van der Waals surface area contributed by atoms with Crippen molar-refractivity contribution in [3.63, 3.8) is 0 Å². The van der Waals surface area contributed by atoms with Crippen LogP contribution in [-0.4, -0.2) is 5.97 Å². The van der Waals surface area contributed by atoms with Crippen molar-refractivity contribution in [2.75, 3.05) is 0 Å². The molecule has 0 aromatic heterocycles. The molecule has 0 fully saturated rings. The SMILES string of the molecule is C=C1C=C=C(OC(C)=O)CC1. The minimum absolute atomic E-state index is 0.284. The van der Waals surface area contributed by atoms with E-state index in [0.29, 0.717) is 5.76 Å². The van der Waals surface area contributed by atoms with E-state index in [1.807, 2.05) is 0 Å².